The molecule has 0 aliphatic heterocycles. The minimum absolute atomic E-state index is 0.188. The Bertz CT molecular complexity index is 1100. The number of pyridine rings is 1. The van der Waals surface area contributed by atoms with Gasteiger partial charge in [-0.1, -0.05) is 19.8 Å². The molecule has 33 heavy (non-hydrogen) atoms. The average molecular weight is 456 g/mol. The van der Waals surface area contributed by atoms with E-state index in [1.807, 2.05) is 26.0 Å². The second-order valence-corrected chi connectivity index (χ2v) is 8.87. The highest BCUT2D eigenvalue weighted by Gasteiger charge is 2.41. The Labute approximate surface area is 193 Å². The third-order valence-electron chi connectivity index (χ3n) is 6.30. The predicted molar refractivity (Wildman–Crippen MR) is 127 cm³/mol. The summed E-state index contributed by atoms with van der Waals surface area (Å²) in [5, 5.41) is 37.9. The Kier molecular flexibility index (Phi) is 7.11. The molecule has 0 unspecified atom stereocenters. The van der Waals surface area contributed by atoms with Gasteiger partial charge in [-0.3, -0.25) is 4.98 Å². The van der Waals surface area contributed by atoms with Gasteiger partial charge in [0.15, 0.2) is 5.58 Å². The van der Waals surface area contributed by atoms with E-state index in [2.05, 4.69) is 27.5 Å². The van der Waals surface area contributed by atoms with Gasteiger partial charge in [0.1, 0.15) is 17.7 Å². The maximum atomic E-state index is 10.6. The molecule has 0 bridgehead atoms. The monoisotopic (exact) mass is 455 g/mol. The summed E-state index contributed by atoms with van der Waals surface area (Å²) in [6.07, 6.45) is 3.37. The average Bonchev–Trinajstić information content (AvgIpc) is 3.31. The molecule has 1 fully saturated rings. The van der Waals surface area contributed by atoms with Crippen molar-refractivity contribution < 1.29 is 19.7 Å². The molecule has 3 aromatic rings. The number of nitrogens with zero attached hydrogens (tertiary/aromatic N) is 3. The fraction of sp³-hybridized carbons (Fsp3) is 0.542. The zero-order valence-electron chi connectivity index (χ0n) is 19.4. The maximum absolute atomic E-state index is 10.6. The van der Waals surface area contributed by atoms with E-state index in [4.69, 9.17) is 9.40 Å². The van der Waals surface area contributed by atoms with Crippen LogP contribution in [-0.2, 0) is 0 Å². The van der Waals surface area contributed by atoms with Crippen molar-refractivity contribution in [1.82, 2.24) is 15.0 Å². The zero-order chi connectivity index (χ0) is 23.5. The Hall–Kier alpha value is -2.75. The maximum Gasteiger partial charge on any atom is 0.224 e. The van der Waals surface area contributed by atoms with E-state index in [0.29, 0.717) is 35.1 Å². The molecule has 5 N–H and O–H groups in total. The number of aryl methyl sites for hydroxylation is 2. The van der Waals surface area contributed by atoms with E-state index in [1.165, 1.54) is 0 Å². The van der Waals surface area contributed by atoms with Crippen LogP contribution in [0, 0.1) is 19.8 Å². The molecule has 1 aliphatic rings. The molecule has 4 rings (SSSR count). The summed E-state index contributed by atoms with van der Waals surface area (Å²) in [5.74, 6) is 1.21. The minimum atomic E-state index is -1.02. The number of anilines is 2. The number of nitrogens with one attached hydrogen (secondary N) is 2. The second kappa shape index (κ2) is 10.0. The molecule has 0 radical (unpaired) electrons. The van der Waals surface area contributed by atoms with Crippen molar-refractivity contribution in [1.29, 1.82) is 0 Å². The van der Waals surface area contributed by atoms with Crippen molar-refractivity contribution in [3.8, 4) is 11.3 Å². The van der Waals surface area contributed by atoms with Crippen LogP contribution in [0.25, 0.3) is 22.3 Å². The lowest BCUT2D eigenvalue weighted by molar-refractivity contribution is 0.00446. The summed E-state index contributed by atoms with van der Waals surface area (Å²) in [7, 11) is 0. The van der Waals surface area contributed by atoms with Gasteiger partial charge in [0.2, 0.25) is 5.95 Å². The number of hydrogen-bond donors (Lipinski definition) is 5. The van der Waals surface area contributed by atoms with Crippen molar-refractivity contribution in [3.05, 3.63) is 29.7 Å². The van der Waals surface area contributed by atoms with Gasteiger partial charge in [0.25, 0.3) is 0 Å². The third kappa shape index (κ3) is 4.95. The molecule has 0 aromatic carbocycles. The normalized spacial score (nSPS) is 22.7. The van der Waals surface area contributed by atoms with E-state index in [9.17, 15) is 15.3 Å². The molecule has 3 heterocycles. The smallest absolute Gasteiger partial charge is 0.224 e. The van der Waals surface area contributed by atoms with Crippen LogP contribution >= 0.6 is 0 Å². The van der Waals surface area contributed by atoms with E-state index in [-0.39, 0.29) is 6.61 Å². The molecule has 0 saturated heterocycles. The summed E-state index contributed by atoms with van der Waals surface area (Å²) in [5.41, 5.74) is 2.98. The largest absolute Gasteiger partial charge is 0.454 e. The molecule has 1 saturated carbocycles. The number of aliphatic hydroxyl groups excluding tert-OH is 3. The second-order valence-electron chi connectivity index (χ2n) is 8.87. The quantitative estimate of drug-likeness (QED) is 0.308. The Morgan fingerprint density at radius 2 is 1.94 bits per heavy atom. The molecule has 3 aromatic heterocycles. The summed E-state index contributed by atoms with van der Waals surface area (Å²) in [6, 6.07) is 3.43. The fourth-order valence-electron chi connectivity index (χ4n) is 4.43. The molecular weight excluding hydrogens is 422 g/mol. The van der Waals surface area contributed by atoms with E-state index < -0.39 is 24.2 Å². The molecule has 178 valence electrons. The fourth-order valence-corrected chi connectivity index (χ4v) is 4.43. The van der Waals surface area contributed by atoms with Crippen molar-refractivity contribution in [2.24, 2.45) is 5.92 Å². The predicted octanol–water partition coefficient (Wildman–Crippen LogP) is 3.02. The highest BCUT2D eigenvalue weighted by molar-refractivity contribution is 5.86. The lowest BCUT2D eigenvalue weighted by atomic mass is 10.1. The molecule has 0 spiro atoms. The molecule has 9 heteroatoms. The minimum Gasteiger partial charge on any atom is -0.454 e. The van der Waals surface area contributed by atoms with Gasteiger partial charge in [0, 0.05) is 30.1 Å². The number of unbranched alkanes of at least 4 members (excludes halogenated alkanes) is 2. The summed E-state index contributed by atoms with van der Waals surface area (Å²) >= 11 is 0. The van der Waals surface area contributed by atoms with Gasteiger partial charge in [-0.25, -0.2) is 4.98 Å². The SMILES string of the molecule is CCCCCNc1nc(C)c(-c2cc3cc(C)ncc3o2)c(N[C@@H]2C[C@H](CO)[C@@H](O)[C@H]2O)n1. The summed E-state index contributed by atoms with van der Waals surface area (Å²) in [6.45, 7) is 6.55. The van der Waals surface area contributed by atoms with Crippen LogP contribution in [0.2, 0.25) is 0 Å². The number of furan rings is 1. The standard InChI is InChI=1S/C24H33N5O4/c1-4-5-6-7-25-24-27-14(3)20(18-10-15-8-13(2)26-11-19(15)33-18)23(29-24)28-17-9-16(12-30)21(31)22(17)32/h8,10-11,16-17,21-22,30-32H,4-7,9,12H2,1-3H3,(H2,25,27,28,29)/t16-,17-,21-,22+/m1/s1. The van der Waals surface area contributed by atoms with Crippen LogP contribution in [0.1, 0.15) is 44.0 Å². The Morgan fingerprint density at radius 1 is 1.12 bits per heavy atom. The molecule has 1 aliphatic carbocycles. The number of fused-ring (bicyclic) bond motifs is 1. The highest BCUT2D eigenvalue weighted by Crippen LogP contribution is 2.37. The van der Waals surface area contributed by atoms with Crippen molar-refractivity contribution in [2.45, 2.75) is 64.7 Å². The first-order valence-electron chi connectivity index (χ1n) is 11.6. The van der Waals surface area contributed by atoms with Crippen molar-refractivity contribution >= 4 is 22.7 Å². The van der Waals surface area contributed by atoms with Gasteiger partial charge in [-0.15, -0.1) is 0 Å². The van der Waals surface area contributed by atoms with Gasteiger partial charge < -0.3 is 30.4 Å². The van der Waals surface area contributed by atoms with Gasteiger partial charge in [-0.05, 0) is 38.8 Å². The van der Waals surface area contributed by atoms with Crippen LogP contribution < -0.4 is 10.6 Å². The Balaban J connectivity index is 1.71. The van der Waals surface area contributed by atoms with Gasteiger partial charge in [-0.2, -0.15) is 4.98 Å². The molecule has 9 nitrogen and oxygen atoms in total. The van der Waals surface area contributed by atoms with E-state index in [1.54, 1.807) is 6.20 Å². The van der Waals surface area contributed by atoms with E-state index >= 15 is 0 Å². The number of rotatable bonds is 9. The summed E-state index contributed by atoms with van der Waals surface area (Å²) in [4.78, 5) is 13.7. The van der Waals surface area contributed by atoms with Crippen LogP contribution in [-0.4, -0.2) is 61.7 Å². The first-order chi connectivity index (χ1) is 15.9. The Morgan fingerprint density at radius 3 is 2.67 bits per heavy atom. The summed E-state index contributed by atoms with van der Waals surface area (Å²) < 4.78 is 6.08. The number of hydrogen-bond acceptors (Lipinski definition) is 9. The topological polar surface area (TPSA) is 137 Å². The molecule has 4 atom stereocenters. The van der Waals surface area contributed by atoms with Crippen LogP contribution in [0.5, 0.6) is 0 Å². The zero-order valence-corrected chi connectivity index (χ0v) is 19.4. The first-order valence-corrected chi connectivity index (χ1v) is 11.6. The van der Waals surface area contributed by atoms with Crippen LogP contribution in [0.4, 0.5) is 11.8 Å². The number of aromatic nitrogens is 3. The molecule has 0 amide bonds. The van der Waals surface area contributed by atoms with Crippen LogP contribution in [0.15, 0.2) is 22.7 Å². The van der Waals surface area contributed by atoms with E-state index in [0.717, 1.165) is 42.6 Å². The lowest BCUT2D eigenvalue weighted by Gasteiger charge is -2.21. The number of aliphatic hydroxyl groups is 3. The van der Waals surface area contributed by atoms with Gasteiger partial charge in [0.05, 0.1) is 29.6 Å². The molecular formula is C24H33N5O4. The van der Waals surface area contributed by atoms with Crippen molar-refractivity contribution in [2.75, 3.05) is 23.8 Å². The lowest BCUT2D eigenvalue weighted by Crippen LogP contribution is -2.35. The van der Waals surface area contributed by atoms with Crippen molar-refractivity contribution in [3.63, 3.8) is 0 Å². The van der Waals surface area contributed by atoms with Gasteiger partial charge >= 0.3 is 0 Å². The van der Waals surface area contributed by atoms with Crippen LogP contribution in [0.3, 0.4) is 0 Å². The third-order valence-corrected chi connectivity index (χ3v) is 6.30. The highest BCUT2D eigenvalue weighted by atomic mass is 16.3. The first kappa shape index (κ1) is 23.4.